The summed E-state index contributed by atoms with van der Waals surface area (Å²) >= 11 is 1.67. The van der Waals surface area contributed by atoms with E-state index in [1.807, 2.05) is 36.6 Å². The predicted molar refractivity (Wildman–Crippen MR) is 101 cm³/mol. The molecule has 1 aromatic heterocycles. The molecule has 2 atom stereocenters. The van der Waals surface area contributed by atoms with Crippen LogP contribution in [0.1, 0.15) is 29.4 Å². The summed E-state index contributed by atoms with van der Waals surface area (Å²) in [6.45, 7) is 4.95. The summed E-state index contributed by atoms with van der Waals surface area (Å²) in [6.07, 6.45) is 0. The number of nitrogens with one attached hydrogen (secondary N) is 2. The number of hydrogen-bond acceptors (Lipinski definition) is 5. The zero-order valence-electron chi connectivity index (χ0n) is 14.7. The minimum atomic E-state index is 0.0418. The molecular weight excluding hydrogens is 334 g/mol. The lowest BCUT2D eigenvalue weighted by Gasteiger charge is -2.36. The number of ether oxygens (including phenoxy) is 1. The molecule has 0 aliphatic carbocycles. The van der Waals surface area contributed by atoms with Crippen molar-refractivity contribution < 1.29 is 9.53 Å². The van der Waals surface area contributed by atoms with E-state index in [0.717, 1.165) is 30.9 Å². The number of thiophene rings is 1. The highest BCUT2D eigenvalue weighted by molar-refractivity contribution is 7.10. The molecular formula is C19H25N3O2S. The Balaban J connectivity index is 1.68. The Bertz CT molecular complexity index is 690. The Labute approximate surface area is 153 Å². The maximum Gasteiger partial charge on any atom is 0.234 e. The van der Waals surface area contributed by atoms with Crippen molar-refractivity contribution in [3.63, 3.8) is 0 Å². The standard InChI is InChI=1S/C19H25N3O2S/c1-14(18-8-5-11-25-18)21-19(23)13-22-10-9-20-12-16(22)15-6-3-4-7-17(15)24-2/h3-8,11,14,16,20H,9-10,12-13H2,1-2H3,(H,21,23). The summed E-state index contributed by atoms with van der Waals surface area (Å²) in [6, 6.07) is 12.3. The zero-order valence-corrected chi connectivity index (χ0v) is 15.5. The molecule has 0 radical (unpaired) electrons. The van der Waals surface area contributed by atoms with Crippen LogP contribution in [0, 0.1) is 0 Å². The highest BCUT2D eigenvalue weighted by Crippen LogP contribution is 2.30. The quantitative estimate of drug-likeness (QED) is 0.832. The first kappa shape index (κ1) is 17.9. The molecule has 2 unspecified atom stereocenters. The van der Waals surface area contributed by atoms with Crippen LogP contribution in [0.3, 0.4) is 0 Å². The van der Waals surface area contributed by atoms with Gasteiger partial charge in [-0.05, 0) is 24.4 Å². The first-order chi connectivity index (χ1) is 12.2. The second-order valence-electron chi connectivity index (χ2n) is 6.24. The zero-order chi connectivity index (χ0) is 17.6. The van der Waals surface area contributed by atoms with Gasteiger partial charge in [-0.2, -0.15) is 0 Å². The molecule has 5 nitrogen and oxygen atoms in total. The number of carbonyl (C=O) groups is 1. The number of piperazine rings is 1. The van der Waals surface area contributed by atoms with Crippen molar-refractivity contribution >= 4 is 17.2 Å². The van der Waals surface area contributed by atoms with E-state index < -0.39 is 0 Å². The van der Waals surface area contributed by atoms with Gasteiger partial charge < -0.3 is 15.4 Å². The van der Waals surface area contributed by atoms with Gasteiger partial charge in [0.1, 0.15) is 5.75 Å². The number of amides is 1. The molecule has 1 saturated heterocycles. The minimum Gasteiger partial charge on any atom is -0.496 e. The smallest absolute Gasteiger partial charge is 0.234 e. The van der Waals surface area contributed by atoms with Gasteiger partial charge in [-0.25, -0.2) is 0 Å². The molecule has 3 rings (SSSR count). The molecule has 2 N–H and O–H groups in total. The maximum absolute atomic E-state index is 12.5. The van der Waals surface area contributed by atoms with Gasteiger partial charge in [-0.3, -0.25) is 9.69 Å². The van der Waals surface area contributed by atoms with E-state index in [-0.39, 0.29) is 18.0 Å². The van der Waals surface area contributed by atoms with Gasteiger partial charge in [0.25, 0.3) is 0 Å². The highest BCUT2D eigenvalue weighted by atomic mass is 32.1. The Kier molecular flexibility index (Phi) is 6.07. The van der Waals surface area contributed by atoms with Crippen LogP contribution < -0.4 is 15.4 Å². The summed E-state index contributed by atoms with van der Waals surface area (Å²) in [5, 5.41) is 8.57. The molecule has 2 aromatic rings. The topological polar surface area (TPSA) is 53.6 Å². The Morgan fingerprint density at radius 1 is 1.40 bits per heavy atom. The Morgan fingerprint density at radius 2 is 2.24 bits per heavy atom. The number of para-hydroxylation sites is 1. The number of hydrogen-bond donors (Lipinski definition) is 2. The maximum atomic E-state index is 12.5. The molecule has 0 saturated carbocycles. The lowest BCUT2D eigenvalue weighted by molar-refractivity contribution is -0.123. The summed E-state index contributed by atoms with van der Waals surface area (Å²) in [4.78, 5) is 16.0. The van der Waals surface area contributed by atoms with Crippen LogP contribution in [-0.2, 0) is 4.79 Å². The molecule has 1 aromatic carbocycles. The summed E-state index contributed by atoms with van der Waals surface area (Å²) in [5.41, 5.74) is 1.12. The van der Waals surface area contributed by atoms with Crippen molar-refractivity contribution in [1.82, 2.24) is 15.5 Å². The van der Waals surface area contributed by atoms with Crippen LogP contribution in [0.4, 0.5) is 0 Å². The van der Waals surface area contributed by atoms with E-state index in [9.17, 15) is 4.79 Å². The van der Waals surface area contributed by atoms with Gasteiger partial charge in [-0.15, -0.1) is 11.3 Å². The first-order valence-corrected chi connectivity index (χ1v) is 9.47. The largest absolute Gasteiger partial charge is 0.496 e. The predicted octanol–water partition coefficient (Wildman–Crippen LogP) is 2.58. The van der Waals surface area contributed by atoms with Crippen molar-refractivity contribution in [3.05, 3.63) is 52.2 Å². The monoisotopic (exact) mass is 359 g/mol. The number of rotatable bonds is 6. The van der Waals surface area contributed by atoms with Crippen molar-refractivity contribution in [2.45, 2.75) is 19.0 Å². The molecule has 2 heterocycles. The van der Waals surface area contributed by atoms with E-state index in [0.29, 0.717) is 6.54 Å². The third kappa shape index (κ3) is 4.39. The summed E-state index contributed by atoms with van der Waals surface area (Å²) < 4.78 is 5.51. The molecule has 0 spiro atoms. The molecule has 6 heteroatoms. The van der Waals surface area contributed by atoms with E-state index in [1.165, 1.54) is 4.88 Å². The molecule has 25 heavy (non-hydrogen) atoms. The highest BCUT2D eigenvalue weighted by Gasteiger charge is 2.28. The van der Waals surface area contributed by atoms with Crippen LogP contribution in [0.25, 0.3) is 0 Å². The van der Waals surface area contributed by atoms with Crippen molar-refractivity contribution in [1.29, 1.82) is 0 Å². The fourth-order valence-corrected chi connectivity index (χ4v) is 4.00. The molecule has 1 fully saturated rings. The molecule has 0 bridgehead atoms. The summed E-state index contributed by atoms with van der Waals surface area (Å²) in [7, 11) is 1.69. The van der Waals surface area contributed by atoms with Crippen molar-refractivity contribution in [2.75, 3.05) is 33.3 Å². The van der Waals surface area contributed by atoms with Crippen LogP contribution >= 0.6 is 11.3 Å². The third-order valence-corrected chi connectivity index (χ3v) is 5.60. The van der Waals surface area contributed by atoms with Gasteiger partial charge in [0.05, 0.1) is 25.7 Å². The molecule has 1 amide bonds. The van der Waals surface area contributed by atoms with Crippen LogP contribution in [0.2, 0.25) is 0 Å². The lowest BCUT2D eigenvalue weighted by Crippen LogP contribution is -2.49. The lowest BCUT2D eigenvalue weighted by atomic mass is 10.0. The van der Waals surface area contributed by atoms with Crippen LogP contribution in [0.15, 0.2) is 41.8 Å². The van der Waals surface area contributed by atoms with Gasteiger partial charge in [0, 0.05) is 30.1 Å². The average Bonchev–Trinajstić information content (AvgIpc) is 3.17. The number of methoxy groups -OCH3 is 1. The summed E-state index contributed by atoms with van der Waals surface area (Å²) in [5.74, 6) is 0.927. The van der Waals surface area contributed by atoms with Gasteiger partial charge in [-0.1, -0.05) is 24.3 Å². The van der Waals surface area contributed by atoms with E-state index in [1.54, 1.807) is 18.4 Å². The molecule has 134 valence electrons. The minimum absolute atomic E-state index is 0.0418. The second kappa shape index (κ2) is 8.47. The van der Waals surface area contributed by atoms with E-state index in [2.05, 4.69) is 27.7 Å². The normalized spacial score (nSPS) is 19.4. The average molecular weight is 359 g/mol. The van der Waals surface area contributed by atoms with Crippen molar-refractivity contribution in [2.24, 2.45) is 0 Å². The fourth-order valence-electron chi connectivity index (χ4n) is 3.26. The van der Waals surface area contributed by atoms with Crippen molar-refractivity contribution in [3.8, 4) is 5.75 Å². The van der Waals surface area contributed by atoms with E-state index >= 15 is 0 Å². The first-order valence-electron chi connectivity index (χ1n) is 8.59. The van der Waals surface area contributed by atoms with Crippen LogP contribution in [0.5, 0.6) is 5.75 Å². The number of nitrogens with zero attached hydrogens (tertiary/aromatic N) is 1. The molecule has 1 aliphatic rings. The van der Waals surface area contributed by atoms with Gasteiger partial charge >= 0.3 is 0 Å². The Hall–Kier alpha value is -1.89. The number of benzene rings is 1. The number of carbonyl (C=O) groups excluding carboxylic acids is 1. The van der Waals surface area contributed by atoms with Crippen LogP contribution in [-0.4, -0.2) is 44.1 Å². The third-order valence-electron chi connectivity index (χ3n) is 4.55. The Morgan fingerprint density at radius 3 is 3.00 bits per heavy atom. The second-order valence-corrected chi connectivity index (χ2v) is 7.22. The fraction of sp³-hybridized carbons (Fsp3) is 0.421. The van der Waals surface area contributed by atoms with Gasteiger partial charge in [0.15, 0.2) is 0 Å². The SMILES string of the molecule is COc1ccccc1C1CNCCN1CC(=O)NC(C)c1cccs1. The van der Waals surface area contributed by atoms with E-state index in [4.69, 9.17) is 4.74 Å². The van der Waals surface area contributed by atoms with Gasteiger partial charge in [0.2, 0.25) is 5.91 Å². The molecule has 1 aliphatic heterocycles.